The zero-order valence-electron chi connectivity index (χ0n) is 15.5. The van der Waals surface area contributed by atoms with Crippen molar-refractivity contribution in [3.05, 3.63) is 71.3 Å². The molecule has 27 heavy (non-hydrogen) atoms. The van der Waals surface area contributed by atoms with Crippen molar-refractivity contribution in [2.75, 3.05) is 31.1 Å². The van der Waals surface area contributed by atoms with Crippen LogP contribution in [0, 0.1) is 6.92 Å². The van der Waals surface area contributed by atoms with E-state index < -0.39 is 0 Å². The van der Waals surface area contributed by atoms with Crippen molar-refractivity contribution in [3.63, 3.8) is 0 Å². The van der Waals surface area contributed by atoms with E-state index in [0.29, 0.717) is 12.5 Å². The van der Waals surface area contributed by atoms with Crippen LogP contribution in [0.1, 0.15) is 16.7 Å². The number of benzene rings is 2. The number of hydrogen-bond donors (Lipinski definition) is 0. The fourth-order valence-corrected chi connectivity index (χ4v) is 3.86. The highest BCUT2D eigenvalue weighted by Gasteiger charge is 2.23. The zero-order valence-corrected chi connectivity index (χ0v) is 16.4. The van der Waals surface area contributed by atoms with E-state index in [9.17, 15) is 0 Å². The van der Waals surface area contributed by atoms with Crippen molar-refractivity contribution in [2.24, 2.45) is 0 Å². The van der Waals surface area contributed by atoms with Gasteiger partial charge in [0, 0.05) is 32.7 Å². The lowest BCUT2D eigenvalue weighted by Crippen LogP contribution is -2.46. The van der Waals surface area contributed by atoms with Gasteiger partial charge in [-0.1, -0.05) is 54.6 Å². The minimum absolute atomic E-state index is 0.527. The molecule has 0 atom stereocenters. The van der Waals surface area contributed by atoms with E-state index in [-0.39, 0.29) is 0 Å². The Balaban J connectivity index is 1.34. The predicted molar refractivity (Wildman–Crippen MR) is 109 cm³/mol. The van der Waals surface area contributed by atoms with Crippen LogP contribution in [0.15, 0.2) is 54.6 Å². The first-order valence-corrected chi connectivity index (χ1v) is 10.0. The summed E-state index contributed by atoms with van der Waals surface area (Å²) in [6, 6.07) is 18.9. The van der Waals surface area contributed by atoms with Gasteiger partial charge < -0.3 is 9.64 Å². The Morgan fingerprint density at radius 1 is 0.926 bits per heavy atom. The van der Waals surface area contributed by atoms with Crippen LogP contribution in [-0.4, -0.2) is 39.8 Å². The number of nitrogens with zero attached hydrogens (tertiary/aromatic N) is 4. The quantitative estimate of drug-likeness (QED) is 0.651. The van der Waals surface area contributed by atoms with Gasteiger partial charge in [0.2, 0.25) is 5.82 Å². The van der Waals surface area contributed by atoms with Gasteiger partial charge in [0.1, 0.15) is 6.61 Å². The zero-order chi connectivity index (χ0) is 18.5. The van der Waals surface area contributed by atoms with Gasteiger partial charge in [0.05, 0.1) is 11.7 Å². The van der Waals surface area contributed by atoms with Crippen LogP contribution in [0.4, 0.5) is 5.82 Å². The summed E-state index contributed by atoms with van der Waals surface area (Å²) in [6.45, 7) is 7.55. The molecular weight excluding hydrogens is 356 g/mol. The average molecular weight is 381 g/mol. The van der Waals surface area contributed by atoms with Crippen LogP contribution in [0.5, 0.6) is 5.88 Å². The van der Waals surface area contributed by atoms with Gasteiger partial charge in [0.15, 0.2) is 0 Å². The SMILES string of the molecule is Cc1ccccc1COc1nsnc1N1CCN(Cc2ccccc2)CC1. The van der Waals surface area contributed by atoms with E-state index >= 15 is 0 Å². The molecule has 2 heterocycles. The summed E-state index contributed by atoms with van der Waals surface area (Å²) < 4.78 is 14.9. The van der Waals surface area contributed by atoms with E-state index in [1.165, 1.54) is 28.4 Å². The molecule has 6 heteroatoms. The third-order valence-electron chi connectivity index (χ3n) is 4.99. The average Bonchev–Trinajstić information content (AvgIpc) is 3.17. The molecule has 0 unspecified atom stereocenters. The van der Waals surface area contributed by atoms with Gasteiger partial charge in [-0.25, -0.2) is 0 Å². The number of hydrogen-bond acceptors (Lipinski definition) is 6. The maximum Gasteiger partial charge on any atom is 0.271 e. The van der Waals surface area contributed by atoms with Gasteiger partial charge in [-0.05, 0) is 23.6 Å². The largest absolute Gasteiger partial charge is 0.470 e. The lowest BCUT2D eigenvalue weighted by atomic mass is 10.1. The number of ether oxygens (including phenoxy) is 1. The van der Waals surface area contributed by atoms with E-state index in [1.807, 2.05) is 12.1 Å². The van der Waals surface area contributed by atoms with Crippen molar-refractivity contribution in [1.29, 1.82) is 0 Å². The molecule has 1 fully saturated rings. The minimum Gasteiger partial charge on any atom is -0.470 e. The molecule has 2 aromatic carbocycles. The molecule has 140 valence electrons. The monoisotopic (exact) mass is 380 g/mol. The summed E-state index contributed by atoms with van der Waals surface area (Å²) >= 11 is 1.22. The Kier molecular flexibility index (Phi) is 5.65. The molecule has 0 N–H and O–H groups in total. The maximum absolute atomic E-state index is 6.00. The smallest absolute Gasteiger partial charge is 0.271 e. The summed E-state index contributed by atoms with van der Waals surface area (Å²) in [7, 11) is 0. The number of anilines is 1. The highest BCUT2D eigenvalue weighted by molar-refractivity contribution is 6.99. The van der Waals surface area contributed by atoms with Crippen LogP contribution in [0.25, 0.3) is 0 Å². The van der Waals surface area contributed by atoms with E-state index in [4.69, 9.17) is 4.74 Å². The highest BCUT2D eigenvalue weighted by Crippen LogP contribution is 2.27. The fourth-order valence-electron chi connectivity index (χ4n) is 3.34. The Bertz CT molecular complexity index is 859. The van der Waals surface area contributed by atoms with Crippen LogP contribution >= 0.6 is 11.7 Å². The summed E-state index contributed by atoms with van der Waals surface area (Å²) in [5.41, 5.74) is 3.78. The predicted octanol–water partition coefficient (Wildman–Crippen LogP) is 3.75. The number of aryl methyl sites for hydroxylation is 1. The Morgan fingerprint density at radius 3 is 2.44 bits per heavy atom. The topological polar surface area (TPSA) is 41.5 Å². The van der Waals surface area contributed by atoms with Crippen LogP contribution < -0.4 is 9.64 Å². The van der Waals surface area contributed by atoms with Gasteiger partial charge in [0.25, 0.3) is 5.88 Å². The first-order valence-electron chi connectivity index (χ1n) is 9.31. The van der Waals surface area contributed by atoms with Crippen molar-refractivity contribution in [1.82, 2.24) is 13.6 Å². The molecule has 0 saturated carbocycles. The second kappa shape index (κ2) is 8.50. The summed E-state index contributed by atoms with van der Waals surface area (Å²) in [4.78, 5) is 4.78. The van der Waals surface area contributed by atoms with E-state index in [0.717, 1.165) is 38.5 Å². The molecular formula is C21H24N4OS. The van der Waals surface area contributed by atoms with Gasteiger partial charge >= 0.3 is 0 Å². The first kappa shape index (κ1) is 17.9. The van der Waals surface area contributed by atoms with Crippen molar-refractivity contribution >= 4 is 17.5 Å². The van der Waals surface area contributed by atoms with Crippen molar-refractivity contribution in [2.45, 2.75) is 20.1 Å². The second-order valence-electron chi connectivity index (χ2n) is 6.86. The lowest BCUT2D eigenvalue weighted by molar-refractivity contribution is 0.246. The molecule has 1 aliphatic heterocycles. The minimum atomic E-state index is 0.527. The maximum atomic E-state index is 6.00. The number of rotatable bonds is 6. The molecule has 0 spiro atoms. The fraction of sp³-hybridized carbons (Fsp3) is 0.333. The Hall–Kier alpha value is -2.44. The van der Waals surface area contributed by atoms with Gasteiger partial charge in [-0.15, -0.1) is 4.37 Å². The van der Waals surface area contributed by atoms with Crippen molar-refractivity contribution in [3.8, 4) is 5.88 Å². The molecule has 4 rings (SSSR count). The molecule has 1 saturated heterocycles. The van der Waals surface area contributed by atoms with Gasteiger partial charge in [-0.3, -0.25) is 4.90 Å². The second-order valence-corrected chi connectivity index (χ2v) is 7.39. The normalized spacial score (nSPS) is 15.1. The van der Waals surface area contributed by atoms with E-state index in [2.05, 4.69) is 67.9 Å². The van der Waals surface area contributed by atoms with Crippen LogP contribution in [0.3, 0.4) is 0 Å². The van der Waals surface area contributed by atoms with Crippen LogP contribution in [0.2, 0.25) is 0 Å². The summed E-state index contributed by atoms with van der Waals surface area (Å²) in [5.74, 6) is 1.53. The van der Waals surface area contributed by atoms with Gasteiger partial charge in [-0.2, -0.15) is 4.37 Å². The molecule has 0 bridgehead atoms. The molecule has 5 nitrogen and oxygen atoms in total. The molecule has 0 aliphatic carbocycles. The highest BCUT2D eigenvalue weighted by atomic mass is 32.1. The molecule has 0 radical (unpaired) electrons. The van der Waals surface area contributed by atoms with E-state index in [1.54, 1.807) is 0 Å². The first-order chi connectivity index (χ1) is 13.3. The lowest BCUT2D eigenvalue weighted by Gasteiger charge is -2.34. The Labute approximate surface area is 164 Å². The molecule has 3 aromatic rings. The third kappa shape index (κ3) is 4.46. The Morgan fingerprint density at radius 2 is 1.67 bits per heavy atom. The standard InChI is InChI=1S/C21H24N4OS/c1-17-7-5-6-10-19(17)16-26-21-20(22-27-23-21)25-13-11-24(12-14-25)15-18-8-3-2-4-9-18/h2-10H,11-16H2,1H3. The molecule has 1 aromatic heterocycles. The summed E-state index contributed by atoms with van der Waals surface area (Å²) in [5, 5.41) is 0. The summed E-state index contributed by atoms with van der Waals surface area (Å²) in [6.07, 6.45) is 0. The molecule has 0 amide bonds. The third-order valence-corrected chi connectivity index (χ3v) is 5.49. The van der Waals surface area contributed by atoms with Crippen molar-refractivity contribution < 1.29 is 4.74 Å². The number of piperazine rings is 1. The molecule has 1 aliphatic rings. The number of aromatic nitrogens is 2. The van der Waals surface area contributed by atoms with Crippen LogP contribution in [-0.2, 0) is 13.2 Å².